The number of anilines is 1. The van der Waals surface area contributed by atoms with Gasteiger partial charge in [-0.15, -0.1) is 0 Å². The Morgan fingerprint density at radius 2 is 2.27 bits per heavy atom. The Balaban J connectivity index is 2.03. The molecule has 1 heterocycles. The van der Waals surface area contributed by atoms with E-state index in [0.717, 1.165) is 0 Å². The number of aliphatic hydroxyl groups is 1. The van der Waals surface area contributed by atoms with Gasteiger partial charge in [0.2, 0.25) is 0 Å². The zero-order valence-electron chi connectivity index (χ0n) is 11.5. The van der Waals surface area contributed by atoms with E-state index in [0.29, 0.717) is 13.2 Å². The lowest BCUT2D eigenvalue weighted by molar-refractivity contribution is -0.0328. The molecule has 5 nitrogen and oxygen atoms in total. The van der Waals surface area contributed by atoms with Crippen molar-refractivity contribution >= 4 is 23.5 Å². The predicted molar refractivity (Wildman–Crippen MR) is 75.8 cm³/mol. The normalized spacial score (nSPS) is 19.1. The van der Waals surface area contributed by atoms with Crippen molar-refractivity contribution in [1.29, 1.82) is 0 Å². The van der Waals surface area contributed by atoms with Crippen molar-refractivity contribution in [2.45, 2.75) is 16.4 Å². The fourth-order valence-electron chi connectivity index (χ4n) is 2.04. The fourth-order valence-corrected chi connectivity index (χ4v) is 2.64. The Hall–Kier alpha value is -1.45. The lowest BCUT2D eigenvalue weighted by Gasteiger charge is -2.34. The number of morpholine rings is 1. The summed E-state index contributed by atoms with van der Waals surface area (Å²) < 4.78 is 42.2. The van der Waals surface area contributed by atoms with Gasteiger partial charge in [0.15, 0.2) is 0 Å². The molecule has 122 valence electrons. The first-order chi connectivity index (χ1) is 10.4. The average molecular weight is 336 g/mol. The molecule has 1 aromatic carbocycles. The standard InChI is InChI=1S/C13H15F3N2O3S/c14-13(15,16)22-11-3-1-2-9(6-11)17-12(20)18-4-5-21-8-10(18)7-19/h1-3,6,10,19H,4-5,7-8H2,(H,17,20). The Morgan fingerprint density at radius 3 is 2.95 bits per heavy atom. The summed E-state index contributed by atoms with van der Waals surface area (Å²) >= 11 is -0.242. The number of aliphatic hydroxyl groups excluding tert-OH is 1. The van der Waals surface area contributed by atoms with Gasteiger partial charge >= 0.3 is 11.5 Å². The van der Waals surface area contributed by atoms with Crippen LogP contribution in [0, 0.1) is 0 Å². The van der Waals surface area contributed by atoms with Crippen LogP contribution in [0.25, 0.3) is 0 Å². The van der Waals surface area contributed by atoms with Crippen molar-refractivity contribution in [3.05, 3.63) is 24.3 Å². The number of alkyl halides is 3. The quantitative estimate of drug-likeness (QED) is 0.833. The van der Waals surface area contributed by atoms with E-state index in [4.69, 9.17) is 4.74 Å². The third kappa shape index (κ3) is 4.79. The highest BCUT2D eigenvalue weighted by Gasteiger charge is 2.30. The molecule has 0 radical (unpaired) electrons. The fraction of sp³-hybridized carbons (Fsp3) is 0.462. The van der Waals surface area contributed by atoms with Crippen LogP contribution in [-0.4, -0.2) is 54.0 Å². The van der Waals surface area contributed by atoms with Crippen molar-refractivity contribution in [3.8, 4) is 0 Å². The number of benzene rings is 1. The van der Waals surface area contributed by atoms with E-state index in [9.17, 15) is 23.1 Å². The van der Waals surface area contributed by atoms with Gasteiger partial charge in [-0.2, -0.15) is 13.2 Å². The molecule has 0 spiro atoms. The summed E-state index contributed by atoms with van der Waals surface area (Å²) in [6.45, 7) is 0.660. The third-order valence-corrected chi connectivity index (χ3v) is 3.74. The maximum absolute atomic E-state index is 12.3. The van der Waals surface area contributed by atoms with Gasteiger partial charge in [-0.1, -0.05) is 6.07 Å². The molecule has 22 heavy (non-hydrogen) atoms. The molecule has 1 atom stereocenters. The van der Waals surface area contributed by atoms with Gasteiger partial charge in [-0.25, -0.2) is 4.79 Å². The van der Waals surface area contributed by atoms with Crippen molar-refractivity contribution < 1.29 is 27.8 Å². The van der Waals surface area contributed by atoms with Gasteiger partial charge in [0.25, 0.3) is 0 Å². The molecule has 0 saturated carbocycles. The van der Waals surface area contributed by atoms with Crippen molar-refractivity contribution in [3.63, 3.8) is 0 Å². The number of thioether (sulfide) groups is 1. The number of amides is 2. The van der Waals surface area contributed by atoms with Gasteiger partial charge in [0.1, 0.15) is 0 Å². The van der Waals surface area contributed by atoms with E-state index < -0.39 is 17.6 Å². The number of halogens is 3. The number of carbonyl (C=O) groups excluding carboxylic acids is 1. The van der Waals surface area contributed by atoms with Crippen LogP contribution in [0.5, 0.6) is 0 Å². The van der Waals surface area contributed by atoms with Crippen LogP contribution in [-0.2, 0) is 4.74 Å². The number of hydrogen-bond acceptors (Lipinski definition) is 4. The Labute approximate surface area is 129 Å². The molecule has 1 fully saturated rings. The lowest BCUT2D eigenvalue weighted by atomic mass is 10.2. The largest absolute Gasteiger partial charge is 0.446 e. The highest BCUT2D eigenvalue weighted by Crippen LogP contribution is 2.37. The first-order valence-electron chi connectivity index (χ1n) is 6.51. The average Bonchev–Trinajstić information content (AvgIpc) is 2.45. The van der Waals surface area contributed by atoms with Crippen LogP contribution in [0.3, 0.4) is 0 Å². The molecule has 2 rings (SSSR count). The SMILES string of the molecule is O=C(Nc1cccc(SC(F)(F)F)c1)N1CCOCC1CO. The smallest absolute Gasteiger partial charge is 0.394 e. The first kappa shape index (κ1) is 16.9. The summed E-state index contributed by atoms with van der Waals surface area (Å²) in [5, 5.41) is 11.8. The molecule has 2 amide bonds. The molecular weight excluding hydrogens is 321 g/mol. The first-order valence-corrected chi connectivity index (χ1v) is 7.33. The maximum Gasteiger partial charge on any atom is 0.446 e. The summed E-state index contributed by atoms with van der Waals surface area (Å²) in [4.78, 5) is 13.6. The maximum atomic E-state index is 12.3. The second kappa shape index (κ2) is 7.21. The molecule has 2 N–H and O–H groups in total. The highest BCUT2D eigenvalue weighted by atomic mass is 32.2. The van der Waals surface area contributed by atoms with E-state index in [-0.39, 0.29) is 35.6 Å². The topological polar surface area (TPSA) is 61.8 Å². The Kier molecular flexibility index (Phi) is 5.54. The number of nitrogens with one attached hydrogen (secondary N) is 1. The number of urea groups is 1. The van der Waals surface area contributed by atoms with Gasteiger partial charge in [0.05, 0.1) is 25.9 Å². The number of nitrogens with zero attached hydrogens (tertiary/aromatic N) is 1. The minimum atomic E-state index is -4.38. The lowest BCUT2D eigenvalue weighted by Crippen LogP contribution is -2.52. The van der Waals surface area contributed by atoms with E-state index in [1.807, 2.05) is 0 Å². The number of ether oxygens (including phenoxy) is 1. The second-order valence-electron chi connectivity index (χ2n) is 4.61. The van der Waals surface area contributed by atoms with Crippen LogP contribution in [0.1, 0.15) is 0 Å². The monoisotopic (exact) mass is 336 g/mol. The minimum absolute atomic E-state index is 0.00835. The summed E-state index contributed by atoms with van der Waals surface area (Å²) in [5.41, 5.74) is -4.11. The zero-order chi connectivity index (χ0) is 16.2. The van der Waals surface area contributed by atoms with E-state index in [1.54, 1.807) is 0 Å². The molecule has 1 saturated heterocycles. The summed E-state index contributed by atoms with van der Waals surface area (Å²) in [6.07, 6.45) is 0. The molecule has 1 unspecified atom stereocenters. The molecule has 1 aliphatic heterocycles. The van der Waals surface area contributed by atoms with Crippen molar-refractivity contribution in [2.75, 3.05) is 31.7 Å². The molecule has 0 aromatic heterocycles. The molecule has 0 aliphatic carbocycles. The van der Waals surface area contributed by atoms with Crippen LogP contribution in [0.15, 0.2) is 29.2 Å². The third-order valence-electron chi connectivity index (χ3n) is 3.02. The number of hydrogen-bond donors (Lipinski definition) is 2. The minimum Gasteiger partial charge on any atom is -0.394 e. The van der Waals surface area contributed by atoms with Crippen LogP contribution in [0.2, 0.25) is 0 Å². The molecule has 9 heteroatoms. The molecular formula is C13H15F3N2O3S. The highest BCUT2D eigenvalue weighted by molar-refractivity contribution is 8.00. The van der Waals surface area contributed by atoms with Gasteiger partial charge < -0.3 is 20.1 Å². The van der Waals surface area contributed by atoms with E-state index in [1.165, 1.54) is 29.2 Å². The number of rotatable bonds is 3. The van der Waals surface area contributed by atoms with Crippen LogP contribution >= 0.6 is 11.8 Å². The van der Waals surface area contributed by atoms with Crippen molar-refractivity contribution in [1.82, 2.24) is 4.90 Å². The molecule has 1 aliphatic rings. The summed E-state index contributed by atoms with van der Waals surface area (Å²) in [6, 6.07) is 4.58. The van der Waals surface area contributed by atoms with Gasteiger partial charge in [0, 0.05) is 17.1 Å². The summed E-state index contributed by atoms with van der Waals surface area (Å²) in [5.74, 6) is 0. The van der Waals surface area contributed by atoms with Crippen molar-refractivity contribution in [2.24, 2.45) is 0 Å². The Morgan fingerprint density at radius 1 is 1.50 bits per heavy atom. The second-order valence-corrected chi connectivity index (χ2v) is 5.75. The molecule has 0 bridgehead atoms. The van der Waals surface area contributed by atoms with E-state index >= 15 is 0 Å². The predicted octanol–water partition coefficient (Wildman–Crippen LogP) is 2.52. The summed E-state index contributed by atoms with van der Waals surface area (Å²) in [7, 11) is 0. The van der Waals surface area contributed by atoms with Crippen LogP contribution in [0.4, 0.5) is 23.7 Å². The number of carbonyl (C=O) groups is 1. The van der Waals surface area contributed by atoms with Crippen LogP contribution < -0.4 is 5.32 Å². The molecule has 1 aromatic rings. The zero-order valence-corrected chi connectivity index (χ0v) is 12.3. The van der Waals surface area contributed by atoms with E-state index in [2.05, 4.69) is 5.32 Å². The Bertz CT molecular complexity index is 527. The van der Waals surface area contributed by atoms with Gasteiger partial charge in [-0.05, 0) is 30.0 Å². The van der Waals surface area contributed by atoms with Gasteiger partial charge in [-0.3, -0.25) is 0 Å².